The average molecular weight is 254 g/mol. The van der Waals surface area contributed by atoms with E-state index in [4.69, 9.17) is 5.11 Å². The standard InChI is InChI=1S/C9H15N3O.2ClH/c1-12-5-7(3-11-12)9-4-10-2-8(9)6-13;;/h3,5,8-10,13H,2,4,6H2,1H3;2*1H. The third kappa shape index (κ3) is 3.08. The molecule has 0 aliphatic carbocycles. The lowest BCUT2D eigenvalue weighted by Crippen LogP contribution is -2.14. The zero-order valence-electron chi connectivity index (χ0n) is 8.59. The number of aliphatic hydroxyl groups is 1. The second-order valence-corrected chi connectivity index (χ2v) is 3.65. The maximum atomic E-state index is 9.14. The number of aryl methyl sites for hydroxylation is 1. The summed E-state index contributed by atoms with van der Waals surface area (Å²) < 4.78 is 1.81. The number of hydrogen-bond donors (Lipinski definition) is 2. The lowest BCUT2D eigenvalue weighted by Gasteiger charge is -2.13. The Kier molecular flexibility index (Phi) is 6.20. The first-order chi connectivity index (χ1) is 6.31. The predicted molar refractivity (Wildman–Crippen MR) is 63.9 cm³/mol. The Morgan fingerprint density at radius 2 is 2.27 bits per heavy atom. The van der Waals surface area contributed by atoms with E-state index in [0.29, 0.717) is 11.8 Å². The molecular formula is C9H17Cl2N3O. The second-order valence-electron chi connectivity index (χ2n) is 3.65. The number of aromatic nitrogens is 2. The van der Waals surface area contributed by atoms with Gasteiger partial charge in [-0.3, -0.25) is 4.68 Å². The normalized spacial score (nSPS) is 24.4. The number of rotatable bonds is 2. The number of hydrogen-bond acceptors (Lipinski definition) is 3. The summed E-state index contributed by atoms with van der Waals surface area (Å²) in [4.78, 5) is 0. The number of nitrogens with zero attached hydrogens (tertiary/aromatic N) is 2. The van der Waals surface area contributed by atoms with E-state index in [0.717, 1.165) is 13.1 Å². The smallest absolute Gasteiger partial charge is 0.0525 e. The average Bonchev–Trinajstić information content (AvgIpc) is 2.71. The van der Waals surface area contributed by atoms with E-state index < -0.39 is 0 Å². The summed E-state index contributed by atoms with van der Waals surface area (Å²) in [6.07, 6.45) is 3.92. The minimum atomic E-state index is 0. The maximum absolute atomic E-state index is 9.14. The molecule has 2 heterocycles. The van der Waals surface area contributed by atoms with Gasteiger partial charge in [-0.15, -0.1) is 24.8 Å². The zero-order valence-corrected chi connectivity index (χ0v) is 10.2. The van der Waals surface area contributed by atoms with E-state index in [1.807, 2.05) is 24.1 Å². The van der Waals surface area contributed by atoms with E-state index in [-0.39, 0.29) is 31.4 Å². The van der Waals surface area contributed by atoms with Gasteiger partial charge in [0, 0.05) is 44.8 Å². The van der Waals surface area contributed by atoms with Crippen molar-refractivity contribution in [3.8, 4) is 0 Å². The Morgan fingerprint density at radius 3 is 2.80 bits per heavy atom. The van der Waals surface area contributed by atoms with Crippen LogP contribution in [-0.2, 0) is 7.05 Å². The zero-order chi connectivity index (χ0) is 9.26. The van der Waals surface area contributed by atoms with Crippen molar-refractivity contribution in [2.75, 3.05) is 19.7 Å². The van der Waals surface area contributed by atoms with Crippen LogP contribution in [0.25, 0.3) is 0 Å². The van der Waals surface area contributed by atoms with E-state index in [2.05, 4.69) is 10.4 Å². The Labute approximate surface area is 102 Å². The highest BCUT2D eigenvalue weighted by atomic mass is 35.5. The highest BCUT2D eigenvalue weighted by Gasteiger charge is 2.28. The number of halogens is 2. The summed E-state index contributed by atoms with van der Waals surface area (Å²) in [5.74, 6) is 0.780. The Balaban J connectivity index is 0.000000980. The topological polar surface area (TPSA) is 50.1 Å². The predicted octanol–water partition coefficient (Wildman–Crippen LogP) is 0.559. The van der Waals surface area contributed by atoms with Crippen LogP contribution in [0.2, 0.25) is 0 Å². The Hall–Kier alpha value is -0.290. The molecule has 1 aliphatic heterocycles. The maximum Gasteiger partial charge on any atom is 0.0525 e. The lowest BCUT2D eigenvalue weighted by atomic mass is 9.92. The summed E-state index contributed by atoms with van der Waals surface area (Å²) in [6.45, 7) is 2.12. The van der Waals surface area contributed by atoms with Crippen LogP contribution in [0.3, 0.4) is 0 Å². The van der Waals surface area contributed by atoms with Crippen LogP contribution in [-0.4, -0.2) is 34.6 Å². The van der Waals surface area contributed by atoms with Crippen molar-refractivity contribution in [2.45, 2.75) is 5.92 Å². The molecule has 4 nitrogen and oxygen atoms in total. The van der Waals surface area contributed by atoms with E-state index in [1.54, 1.807) is 0 Å². The molecule has 2 atom stereocenters. The minimum Gasteiger partial charge on any atom is -0.396 e. The van der Waals surface area contributed by atoms with Gasteiger partial charge in [-0.05, 0) is 5.56 Å². The van der Waals surface area contributed by atoms with Crippen LogP contribution in [0, 0.1) is 5.92 Å². The van der Waals surface area contributed by atoms with E-state index in [9.17, 15) is 0 Å². The molecule has 0 bridgehead atoms. The van der Waals surface area contributed by atoms with Gasteiger partial charge in [-0.25, -0.2) is 0 Å². The third-order valence-electron chi connectivity index (χ3n) is 2.73. The molecule has 6 heteroatoms. The van der Waals surface area contributed by atoms with Gasteiger partial charge in [0.15, 0.2) is 0 Å². The van der Waals surface area contributed by atoms with Crippen molar-refractivity contribution < 1.29 is 5.11 Å². The highest BCUT2D eigenvalue weighted by molar-refractivity contribution is 5.85. The monoisotopic (exact) mass is 253 g/mol. The fourth-order valence-electron chi connectivity index (χ4n) is 1.95. The number of nitrogens with one attached hydrogen (secondary N) is 1. The van der Waals surface area contributed by atoms with Gasteiger partial charge in [0.05, 0.1) is 6.20 Å². The van der Waals surface area contributed by atoms with Crippen LogP contribution in [0.15, 0.2) is 12.4 Å². The van der Waals surface area contributed by atoms with Gasteiger partial charge in [0.25, 0.3) is 0 Å². The molecule has 2 N–H and O–H groups in total. The minimum absolute atomic E-state index is 0. The summed E-state index contributed by atoms with van der Waals surface area (Å²) in [5.41, 5.74) is 1.23. The van der Waals surface area contributed by atoms with Gasteiger partial charge in [0.1, 0.15) is 0 Å². The fraction of sp³-hybridized carbons (Fsp3) is 0.667. The molecule has 1 aromatic heterocycles. The van der Waals surface area contributed by atoms with Crippen molar-refractivity contribution in [1.82, 2.24) is 15.1 Å². The molecule has 2 unspecified atom stereocenters. The molecule has 0 saturated carbocycles. The van der Waals surface area contributed by atoms with Crippen LogP contribution in [0.5, 0.6) is 0 Å². The first-order valence-corrected chi connectivity index (χ1v) is 4.61. The van der Waals surface area contributed by atoms with E-state index >= 15 is 0 Å². The molecule has 0 amide bonds. The molecule has 88 valence electrons. The Morgan fingerprint density at radius 1 is 1.53 bits per heavy atom. The van der Waals surface area contributed by atoms with Crippen molar-refractivity contribution in [1.29, 1.82) is 0 Å². The Bertz CT molecular complexity index is 293. The summed E-state index contributed by atoms with van der Waals surface area (Å²) in [5, 5.41) is 16.6. The highest BCUT2D eigenvalue weighted by Crippen LogP contribution is 2.26. The molecule has 1 aromatic rings. The van der Waals surface area contributed by atoms with Crippen LogP contribution >= 0.6 is 24.8 Å². The molecule has 15 heavy (non-hydrogen) atoms. The lowest BCUT2D eigenvalue weighted by molar-refractivity contribution is 0.226. The van der Waals surface area contributed by atoms with Gasteiger partial charge in [-0.1, -0.05) is 0 Å². The van der Waals surface area contributed by atoms with Crippen LogP contribution < -0.4 is 5.32 Å². The third-order valence-corrected chi connectivity index (χ3v) is 2.73. The first-order valence-electron chi connectivity index (χ1n) is 4.61. The largest absolute Gasteiger partial charge is 0.396 e. The van der Waals surface area contributed by atoms with Crippen molar-refractivity contribution in [2.24, 2.45) is 13.0 Å². The molecule has 1 aliphatic rings. The fourth-order valence-corrected chi connectivity index (χ4v) is 1.95. The number of aliphatic hydroxyl groups excluding tert-OH is 1. The molecular weight excluding hydrogens is 237 g/mol. The summed E-state index contributed by atoms with van der Waals surface area (Å²) in [6, 6.07) is 0. The molecule has 0 aromatic carbocycles. The van der Waals surface area contributed by atoms with Crippen molar-refractivity contribution in [3.05, 3.63) is 18.0 Å². The van der Waals surface area contributed by atoms with Crippen LogP contribution in [0.4, 0.5) is 0 Å². The molecule has 1 fully saturated rings. The summed E-state index contributed by atoms with van der Waals surface area (Å²) >= 11 is 0. The van der Waals surface area contributed by atoms with Gasteiger partial charge < -0.3 is 10.4 Å². The SMILES string of the molecule is Cl.Cl.Cn1cc(C2CNCC2CO)cn1. The summed E-state index contributed by atoms with van der Waals surface area (Å²) in [7, 11) is 1.92. The first kappa shape index (κ1) is 14.7. The molecule has 0 spiro atoms. The van der Waals surface area contributed by atoms with Crippen molar-refractivity contribution in [3.63, 3.8) is 0 Å². The van der Waals surface area contributed by atoms with Crippen molar-refractivity contribution >= 4 is 24.8 Å². The van der Waals surface area contributed by atoms with Gasteiger partial charge in [0.2, 0.25) is 0 Å². The quantitative estimate of drug-likeness (QED) is 0.810. The van der Waals surface area contributed by atoms with Gasteiger partial charge >= 0.3 is 0 Å². The van der Waals surface area contributed by atoms with Gasteiger partial charge in [-0.2, -0.15) is 5.10 Å². The molecule has 1 saturated heterocycles. The van der Waals surface area contributed by atoms with Crippen LogP contribution in [0.1, 0.15) is 11.5 Å². The second kappa shape index (κ2) is 6.33. The van der Waals surface area contributed by atoms with E-state index in [1.165, 1.54) is 5.56 Å². The molecule has 2 rings (SSSR count). The molecule has 0 radical (unpaired) electrons.